The predicted octanol–water partition coefficient (Wildman–Crippen LogP) is 1.89. The van der Waals surface area contributed by atoms with Crippen LogP contribution in [0.25, 0.3) is 0 Å². The molecule has 3 heterocycles. The fraction of sp³-hybridized carbons (Fsp3) is 0.700. The fourth-order valence-electron chi connectivity index (χ4n) is 3.57. The van der Waals surface area contributed by atoms with Crippen molar-refractivity contribution in [2.45, 2.75) is 19.9 Å². The summed E-state index contributed by atoms with van der Waals surface area (Å²) in [5, 5.41) is 3.40. The van der Waals surface area contributed by atoms with Gasteiger partial charge in [0.05, 0.1) is 13.2 Å². The number of aliphatic imine (C=N–C) groups is 1. The Bertz CT molecular complexity index is 597. The zero-order chi connectivity index (χ0) is 19.1. The lowest BCUT2D eigenvalue weighted by molar-refractivity contribution is 0.181. The number of hydrogen-bond donors (Lipinski definition) is 1. The average molecular weight is 502 g/mol. The third kappa shape index (κ3) is 6.73. The molecule has 2 aliphatic rings. The van der Waals surface area contributed by atoms with Gasteiger partial charge < -0.3 is 24.8 Å². The minimum Gasteiger partial charge on any atom is -0.381 e. The van der Waals surface area contributed by atoms with Crippen molar-refractivity contribution >= 4 is 35.8 Å². The maximum atomic E-state index is 5.49. The van der Waals surface area contributed by atoms with Crippen LogP contribution in [0.2, 0.25) is 0 Å². The normalized spacial score (nSPS) is 20.8. The van der Waals surface area contributed by atoms with E-state index in [9.17, 15) is 0 Å². The smallest absolute Gasteiger partial charge is 0.193 e. The first-order chi connectivity index (χ1) is 13.2. The molecule has 0 radical (unpaired) electrons. The molecule has 0 bridgehead atoms. The van der Waals surface area contributed by atoms with Gasteiger partial charge in [-0.15, -0.1) is 24.0 Å². The zero-order valence-electron chi connectivity index (χ0n) is 17.4. The van der Waals surface area contributed by atoms with Crippen molar-refractivity contribution in [3.8, 4) is 0 Å². The summed E-state index contributed by atoms with van der Waals surface area (Å²) in [6.45, 7) is 10.6. The molecule has 3 rings (SSSR count). The lowest BCUT2D eigenvalue weighted by Gasteiger charge is -2.33. The Hall–Kier alpha value is -1.13. The van der Waals surface area contributed by atoms with Crippen LogP contribution >= 0.6 is 24.0 Å². The quantitative estimate of drug-likeness (QED) is 0.365. The number of ether oxygens (including phenoxy) is 1. The summed E-state index contributed by atoms with van der Waals surface area (Å²) < 4.78 is 5.49. The molecule has 2 saturated heterocycles. The molecule has 7 nitrogen and oxygen atoms in total. The highest BCUT2D eigenvalue weighted by Crippen LogP contribution is 2.15. The van der Waals surface area contributed by atoms with Gasteiger partial charge in [0.2, 0.25) is 0 Å². The lowest BCUT2D eigenvalue weighted by Crippen LogP contribution is -2.44. The van der Waals surface area contributed by atoms with Crippen LogP contribution in [0.5, 0.6) is 0 Å². The molecule has 8 heteroatoms. The van der Waals surface area contributed by atoms with Gasteiger partial charge in [0.15, 0.2) is 5.96 Å². The Morgan fingerprint density at radius 3 is 2.71 bits per heavy atom. The van der Waals surface area contributed by atoms with Gasteiger partial charge in [-0.25, -0.2) is 9.98 Å². The first-order valence-electron chi connectivity index (χ1n) is 10.1. The Labute approximate surface area is 186 Å². The number of anilines is 1. The Morgan fingerprint density at radius 2 is 2.11 bits per heavy atom. The molecule has 1 aromatic rings. The lowest BCUT2D eigenvalue weighted by atomic mass is 10.1. The van der Waals surface area contributed by atoms with Crippen LogP contribution in [0.1, 0.15) is 18.9 Å². The van der Waals surface area contributed by atoms with Gasteiger partial charge >= 0.3 is 0 Å². The number of guanidine groups is 1. The monoisotopic (exact) mass is 502 g/mol. The predicted molar refractivity (Wildman–Crippen MR) is 126 cm³/mol. The Kier molecular flexibility index (Phi) is 9.73. The topological polar surface area (TPSA) is 56.2 Å². The van der Waals surface area contributed by atoms with Crippen molar-refractivity contribution in [2.24, 2.45) is 10.9 Å². The summed E-state index contributed by atoms with van der Waals surface area (Å²) in [7, 11) is 4.28. The van der Waals surface area contributed by atoms with Crippen LogP contribution in [0, 0.1) is 5.92 Å². The largest absolute Gasteiger partial charge is 0.381 e. The summed E-state index contributed by atoms with van der Waals surface area (Å²) in [6, 6.07) is 4.28. The highest BCUT2D eigenvalue weighted by Gasteiger charge is 2.19. The van der Waals surface area contributed by atoms with E-state index in [1.807, 2.05) is 6.20 Å². The SMILES string of the molecule is CCNC(=NCc1ccc(N2CCN(C)CC2)nc1)N(C)CC1CCOC1.I. The number of rotatable bonds is 6. The number of aromatic nitrogens is 1. The molecule has 0 amide bonds. The van der Waals surface area contributed by atoms with Gasteiger partial charge in [-0.1, -0.05) is 6.07 Å². The van der Waals surface area contributed by atoms with E-state index in [-0.39, 0.29) is 24.0 Å². The molecule has 158 valence electrons. The minimum absolute atomic E-state index is 0. The molecular formula is C20H35IN6O. The maximum absolute atomic E-state index is 5.49. The minimum atomic E-state index is 0. The van der Waals surface area contributed by atoms with E-state index in [2.05, 4.69) is 58.2 Å². The summed E-state index contributed by atoms with van der Waals surface area (Å²) in [5.74, 6) is 2.62. The highest BCUT2D eigenvalue weighted by atomic mass is 127. The third-order valence-corrected chi connectivity index (χ3v) is 5.30. The highest BCUT2D eigenvalue weighted by molar-refractivity contribution is 14.0. The number of nitrogens with zero attached hydrogens (tertiary/aromatic N) is 5. The van der Waals surface area contributed by atoms with Crippen molar-refractivity contribution < 1.29 is 4.74 Å². The van der Waals surface area contributed by atoms with Crippen LogP contribution in [-0.4, -0.2) is 87.3 Å². The van der Waals surface area contributed by atoms with Crippen LogP contribution in [0.4, 0.5) is 5.82 Å². The van der Waals surface area contributed by atoms with Crippen molar-refractivity contribution in [2.75, 3.05) is 71.5 Å². The number of piperazine rings is 1. The van der Waals surface area contributed by atoms with Gasteiger partial charge in [0, 0.05) is 65.0 Å². The van der Waals surface area contributed by atoms with Crippen LogP contribution in [0.15, 0.2) is 23.3 Å². The zero-order valence-corrected chi connectivity index (χ0v) is 19.8. The molecule has 2 fully saturated rings. The maximum Gasteiger partial charge on any atom is 0.193 e. The number of nitrogens with one attached hydrogen (secondary N) is 1. The molecule has 1 N–H and O–H groups in total. The second-order valence-corrected chi connectivity index (χ2v) is 7.60. The van der Waals surface area contributed by atoms with Crippen molar-refractivity contribution in [1.82, 2.24) is 20.1 Å². The first-order valence-corrected chi connectivity index (χ1v) is 10.1. The molecule has 1 unspecified atom stereocenters. The molecule has 2 aliphatic heterocycles. The van der Waals surface area contributed by atoms with Gasteiger partial charge in [0.25, 0.3) is 0 Å². The van der Waals surface area contributed by atoms with Crippen molar-refractivity contribution in [3.63, 3.8) is 0 Å². The van der Waals surface area contributed by atoms with Gasteiger partial charge in [-0.3, -0.25) is 0 Å². The van der Waals surface area contributed by atoms with Gasteiger partial charge in [-0.2, -0.15) is 0 Å². The number of pyridine rings is 1. The molecule has 0 aliphatic carbocycles. The number of likely N-dealkylation sites (N-methyl/N-ethyl adjacent to an activating group) is 1. The molecule has 1 atom stereocenters. The van der Waals surface area contributed by atoms with Gasteiger partial charge in [0.1, 0.15) is 5.82 Å². The van der Waals surface area contributed by atoms with E-state index in [0.717, 1.165) is 76.2 Å². The summed E-state index contributed by atoms with van der Waals surface area (Å²) in [5.41, 5.74) is 1.14. The van der Waals surface area contributed by atoms with Crippen LogP contribution in [0.3, 0.4) is 0 Å². The molecule has 0 spiro atoms. The van der Waals surface area contributed by atoms with E-state index in [1.54, 1.807) is 0 Å². The summed E-state index contributed by atoms with van der Waals surface area (Å²) in [4.78, 5) is 16.4. The molecule has 1 aromatic heterocycles. The van der Waals surface area contributed by atoms with Crippen molar-refractivity contribution in [1.29, 1.82) is 0 Å². The molecule has 0 aromatic carbocycles. The second kappa shape index (κ2) is 11.8. The average Bonchev–Trinajstić information content (AvgIpc) is 3.19. The number of halogens is 1. The first kappa shape index (κ1) is 23.2. The Morgan fingerprint density at radius 1 is 1.32 bits per heavy atom. The van der Waals surface area contributed by atoms with E-state index in [4.69, 9.17) is 9.73 Å². The Balaban J connectivity index is 0.00000280. The third-order valence-electron chi connectivity index (χ3n) is 5.30. The van der Waals surface area contributed by atoms with E-state index in [1.165, 1.54) is 0 Å². The molecule has 0 saturated carbocycles. The molecule has 28 heavy (non-hydrogen) atoms. The van der Waals surface area contributed by atoms with E-state index in [0.29, 0.717) is 12.5 Å². The van der Waals surface area contributed by atoms with E-state index >= 15 is 0 Å². The summed E-state index contributed by atoms with van der Waals surface area (Å²) >= 11 is 0. The van der Waals surface area contributed by atoms with Crippen LogP contribution in [-0.2, 0) is 11.3 Å². The van der Waals surface area contributed by atoms with Gasteiger partial charge in [-0.05, 0) is 32.0 Å². The standard InChI is InChI=1S/C20H34N6O.HI/c1-4-21-20(25(3)15-18-7-12-27-16-18)23-14-17-5-6-19(22-13-17)26-10-8-24(2)9-11-26;/h5-6,13,18H,4,7-12,14-16H2,1-3H3,(H,21,23);1H. The fourth-order valence-corrected chi connectivity index (χ4v) is 3.57. The van der Waals surface area contributed by atoms with Crippen molar-refractivity contribution in [3.05, 3.63) is 23.9 Å². The summed E-state index contributed by atoms with van der Waals surface area (Å²) in [6.07, 6.45) is 3.10. The van der Waals surface area contributed by atoms with Crippen LogP contribution < -0.4 is 10.2 Å². The second-order valence-electron chi connectivity index (χ2n) is 7.60. The number of hydrogen-bond acceptors (Lipinski definition) is 5. The van der Waals surface area contributed by atoms with E-state index < -0.39 is 0 Å². The molecular weight excluding hydrogens is 467 g/mol.